The molecule has 1 heterocycles. The number of rotatable bonds is 9. The summed E-state index contributed by atoms with van der Waals surface area (Å²) in [5.41, 5.74) is 2.19. The zero-order valence-electron chi connectivity index (χ0n) is 18.8. The summed E-state index contributed by atoms with van der Waals surface area (Å²) in [4.78, 5) is 39.1. The van der Waals surface area contributed by atoms with Crippen molar-refractivity contribution in [3.05, 3.63) is 101 Å². The molecule has 0 spiro atoms. The number of hydrogen-bond donors (Lipinski definition) is 1. The summed E-state index contributed by atoms with van der Waals surface area (Å²) in [5.74, 6) is -0.742. The number of aryl methyl sites for hydroxylation is 1. The van der Waals surface area contributed by atoms with Crippen molar-refractivity contribution in [2.24, 2.45) is 0 Å². The third-order valence-electron chi connectivity index (χ3n) is 5.26. The summed E-state index contributed by atoms with van der Waals surface area (Å²) in [6, 6.07) is 22.3. The van der Waals surface area contributed by atoms with Gasteiger partial charge in [0.1, 0.15) is 11.6 Å². The molecule has 0 atom stereocenters. The number of benzene rings is 3. The van der Waals surface area contributed by atoms with E-state index in [4.69, 9.17) is 4.74 Å². The first kappa shape index (κ1) is 24.2. The van der Waals surface area contributed by atoms with E-state index in [1.807, 2.05) is 30.3 Å². The summed E-state index contributed by atoms with van der Waals surface area (Å²) < 4.78 is 18.7. The monoisotopic (exact) mass is 490 g/mol. The van der Waals surface area contributed by atoms with Gasteiger partial charge in [0, 0.05) is 17.8 Å². The molecule has 4 rings (SSSR count). The Morgan fingerprint density at radius 2 is 1.69 bits per heavy atom. The number of thioether (sulfide) groups is 1. The van der Waals surface area contributed by atoms with Crippen molar-refractivity contribution >= 4 is 40.6 Å². The standard InChI is InChI=1S/C27H23FN2O4S/c28-21-12-14-22(15-13-21)29-25(31)18-34-23-11-5-4-10-20(23)17-24-26(32)30(27(33)35-24)16-6-9-19-7-2-1-3-8-19/h1-5,7-8,10-15,17H,6,9,16,18H2,(H,29,31)/b24-17+. The summed E-state index contributed by atoms with van der Waals surface area (Å²) >= 11 is 0.892. The third kappa shape index (κ3) is 6.58. The van der Waals surface area contributed by atoms with Crippen LogP contribution >= 0.6 is 11.8 Å². The van der Waals surface area contributed by atoms with Gasteiger partial charge in [-0.25, -0.2) is 4.39 Å². The van der Waals surface area contributed by atoms with Crippen LogP contribution in [0.2, 0.25) is 0 Å². The van der Waals surface area contributed by atoms with Crippen molar-refractivity contribution < 1.29 is 23.5 Å². The quantitative estimate of drug-likeness (QED) is 0.400. The van der Waals surface area contributed by atoms with Gasteiger partial charge in [0.25, 0.3) is 17.1 Å². The van der Waals surface area contributed by atoms with E-state index in [0.717, 1.165) is 23.7 Å². The summed E-state index contributed by atoms with van der Waals surface area (Å²) in [5, 5.41) is 2.33. The van der Waals surface area contributed by atoms with Crippen LogP contribution in [0.5, 0.6) is 5.75 Å². The largest absolute Gasteiger partial charge is 0.483 e. The molecule has 178 valence electrons. The predicted octanol–water partition coefficient (Wildman–Crippen LogP) is 5.51. The van der Waals surface area contributed by atoms with Gasteiger partial charge >= 0.3 is 0 Å². The smallest absolute Gasteiger partial charge is 0.293 e. The summed E-state index contributed by atoms with van der Waals surface area (Å²) in [7, 11) is 0. The van der Waals surface area contributed by atoms with Crippen LogP contribution < -0.4 is 10.1 Å². The van der Waals surface area contributed by atoms with Crippen LogP contribution in [0.1, 0.15) is 17.5 Å². The Hall–Kier alpha value is -3.91. The van der Waals surface area contributed by atoms with Crippen molar-refractivity contribution in [1.82, 2.24) is 4.90 Å². The van der Waals surface area contributed by atoms with Crippen molar-refractivity contribution in [2.75, 3.05) is 18.5 Å². The highest BCUT2D eigenvalue weighted by atomic mass is 32.2. The van der Waals surface area contributed by atoms with Crippen molar-refractivity contribution in [1.29, 1.82) is 0 Å². The topological polar surface area (TPSA) is 75.7 Å². The van der Waals surface area contributed by atoms with Crippen LogP contribution in [0.25, 0.3) is 6.08 Å². The van der Waals surface area contributed by atoms with Gasteiger partial charge in [-0.1, -0.05) is 48.5 Å². The maximum absolute atomic E-state index is 13.0. The van der Waals surface area contributed by atoms with E-state index in [1.165, 1.54) is 29.2 Å². The van der Waals surface area contributed by atoms with Crippen LogP contribution in [-0.2, 0) is 16.0 Å². The molecule has 0 bridgehead atoms. The highest BCUT2D eigenvalue weighted by Gasteiger charge is 2.34. The second-order valence-corrected chi connectivity index (χ2v) is 8.80. The minimum absolute atomic E-state index is 0.275. The lowest BCUT2D eigenvalue weighted by molar-refractivity contribution is -0.122. The molecule has 1 aliphatic heterocycles. The number of imide groups is 1. The number of anilines is 1. The average Bonchev–Trinajstić information content (AvgIpc) is 3.13. The van der Waals surface area contributed by atoms with Crippen LogP contribution in [0, 0.1) is 5.82 Å². The molecule has 1 saturated heterocycles. The van der Waals surface area contributed by atoms with Gasteiger partial charge < -0.3 is 10.1 Å². The maximum Gasteiger partial charge on any atom is 0.293 e. The molecule has 3 aromatic carbocycles. The summed E-state index contributed by atoms with van der Waals surface area (Å²) in [6.07, 6.45) is 3.06. The first-order valence-corrected chi connectivity index (χ1v) is 11.9. The Morgan fingerprint density at radius 3 is 2.46 bits per heavy atom. The zero-order chi connectivity index (χ0) is 24.6. The van der Waals surface area contributed by atoms with Crippen LogP contribution in [0.15, 0.2) is 83.8 Å². The number of carbonyl (C=O) groups excluding carboxylic acids is 3. The van der Waals surface area contributed by atoms with E-state index in [1.54, 1.807) is 30.3 Å². The minimum Gasteiger partial charge on any atom is -0.483 e. The lowest BCUT2D eigenvalue weighted by Crippen LogP contribution is -2.29. The molecule has 1 aliphatic rings. The number of hydrogen-bond acceptors (Lipinski definition) is 5. The van der Waals surface area contributed by atoms with E-state index < -0.39 is 11.7 Å². The normalized spacial score (nSPS) is 14.4. The molecule has 0 saturated carbocycles. The molecule has 1 N–H and O–H groups in total. The van der Waals surface area contributed by atoms with Crippen LogP contribution in [0.3, 0.4) is 0 Å². The molecule has 0 unspecified atom stereocenters. The molecule has 8 heteroatoms. The molecule has 0 radical (unpaired) electrons. The van der Waals surface area contributed by atoms with E-state index in [-0.39, 0.29) is 17.8 Å². The lowest BCUT2D eigenvalue weighted by atomic mass is 10.1. The molecule has 6 nitrogen and oxygen atoms in total. The van der Waals surface area contributed by atoms with Crippen molar-refractivity contribution in [3.8, 4) is 5.75 Å². The van der Waals surface area contributed by atoms with Gasteiger partial charge in [-0.05, 0) is 66.6 Å². The average molecular weight is 491 g/mol. The molecule has 3 amide bonds. The van der Waals surface area contributed by atoms with E-state index in [2.05, 4.69) is 5.32 Å². The number of para-hydroxylation sites is 1. The minimum atomic E-state index is -0.412. The Morgan fingerprint density at radius 1 is 0.971 bits per heavy atom. The first-order chi connectivity index (χ1) is 17.0. The van der Waals surface area contributed by atoms with Gasteiger partial charge in [0.15, 0.2) is 6.61 Å². The number of halogens is 1. The fourth-order valence-electron chi connectivity index (χ4n) is 3.52. The van der Waals surface area contributed by atoms with E-state index in [0.29, 0.717) is 34.9 Å². The molecule has 3 aromatic rings. The second-order valence-electron chi connectivity index (χ2n) is 7.80. The van der Waals surface area contributed by atoms with Gasteiger partial charge in [-0.3, -0.25) is 19.3 Å². The van der Waals surface area contributed by atoms with Gasteiger partial charge in [-0.2, -0.15) is 0 Å². The van der Waals surface area contributed by atoms with Crippen molar-refractivity contribution in [2.45, 2.75) is 12.8 Å². The predicted molar refractivity (Wildman–Crippen MR) is 134 cm³/mol. The molecular weight excluding hydrogens is 467 g/mol. The Labute approximate surface area is 206 Å². The fourth-order valence-corrected chi connectivity index (χ4v) is 4.38. The number of nitrogens with one attached hydrogen (secondary N) is 1. The Balaban J connectivity index is 1.36. The highest BCUT2D eigenvalue weighted by molar-refractivity contribution is 8.18. The lowest BCUT2D eigenvalue weighted by Gasteiger charge is -2.12. The van der Waals surface area contributed by atoms with Crippen molar-refractivity contribution in [3.63, 3.8) is 0 Å². The highest BCUT2D eigenvalue weighted by Crippen LogP contribution is 2.34. The maximum atomic E-state index is 13.0. The second kappa shape index (κ2) is 11.5. The molecule has 35 heavy (non-hydrogen) atoms. The van der Waals surface area contributed by atoms with Gasteiger partial charge in [0.2, 0.25) is 0 Å². The molecule has 1 fully saturated rings. The SMILES string of the molecule is O=C(COc1ccccc1/C=C1/SC(=O)N(CCCc2ccccc2)C1=O)Nc1ccc(F)cc1. The number of carbonyl (C=O) groups is 3. The first-order valence-electron chi connectivity index (χ1n) is 11.1. The van der Waals surface area contributed by atoms with Crippen LogP contribution in [-0.4, -0.2) is 35.1 Å². The fraction of sp³-hybridized carbons (Fsp3) is 0.148. The van der Waals surface area contributed by atoms with Gasteiger partial charge in [-0.15, -0.1) is 0 Å². The van der Waals surface area contributed by atoms with Crippen LogP contribution in [0.4, 0.5) is 14.9 Å². The Bertz CT molecular complexity index is 1250. The van der Waals surface area contributed by atoms with E-state index >= 15 is 0 Å². The molecule has 0 aromatic heterocycles. The number of nitrogens with zero attached hydrogens (tertiary/aromatic N) is 1. The molecule has 0 aliphatic carbocycles. The molecular formula is C27H23FN2O4S. The Kier molecular flexibility index (Phi) is 7.95. The van der Waals surface area contributed by atoms with E-state index in [9.17, 15) is 18.8 Å². The number of amides is 3. The zero-order valence-corrected chi connectivity index (χ0v) is 19.6. The third-order valence-corrected chi connectivity index (χ3v) is 6.16. The summed E-state index contributed by atoms with van der Waals surface area (Å²) in [6.45, 7) is 0.0712. The number of ether oxygens (including phenoxy) is 1. The van der Waals surface area contributed by atoms with Gasteiger partial charge in [0.05, 0.1) is 4.91 Å².